The van der Waals surface area contributed by atoms with E-state index in [1.165, 1.54) is 5.56 Å². The number of nitrogens with one attached hydrogen (secondary N) is 1. The highest BCUT2D eigenvalue weighted by molar-refractivity contribution is 5.95. The van der Waals surface area contributed by atoms with Gasteiger partial charge in [0.1, 0.15) is 11.7 Å². The van der Waals surface area contributed by atoms with Crippen molar-refractivity contribution >= 4 is 17.3 Å². The summed E-state index contributed by atoms with van der Waals surface area (Å²) in [5.74, 6) is 0.853. The van der Waals surface area contributed by atoms with Crippen LogP contribution in [0, 0.1) is 12.3 Å². The number of pyridine rings is 1. The summed E-state index contributed by atoms with van der Waals surface area (Å²) in [5, 5.41) is 7.56. The number of aryl methyl sites for hydroxylation is 2. The van der Waals surface area contributed by atoms with Crippen molar-refractivity contribution in [1.82, 2.24) is 4.98 Å². The Labute approximate surface area is 119 Å². The highest BCUT2D eigenvalue weighted by atomic mass is 15.2. The molecule has 4 heteroatoms. The van der Waals surface area contributed by atoms with Crippen LogP contribution in [-0.4, -0.2) is 17.9 Å². The van der Waals surface area contributed by atoms with Gasteiger partial charge in [-0.25, -0.2) is 4.98 Å². The predicted octanol–water partition coefficient (Wildman–Crippen LogP) is 3.00. The quantitative estimate of drug-likeness (QED) is 0.661. The lowest BCUT2D eigenvalue weighted by atomic mass is 10.1. The summed E-state index contributed by atoms with van der Waals surface area (Å²) in [7, 11) is 1.96. The molecule has 2 aromatic rings. The molecule has 0 radical (unpaired) electrons. The Morgan fingerprint density at radius 2 is 1.90 bits per heavy atom. The van der Waals surface area contributed by atoms with Crippen LogP contribution >= 0.6 is 0 Å². The van der Waals surface area contributed by atoms with Gasteiger partial charge in [-0.05, 0) is 43.2 Å². The summed E-state index contributed by atoms with van der Waals surface area (Å²) in [4.78, 5) is 6.51. The fraction of sp³-hybridized carbons (Fsp3) is 0.250. The second-order valence-electron chi connectivity index (χ2n) is 4.85. The first-order valence-corrected chi connectivity index (χ1v) is 6.67. The third-order valence-corrected chi connectivity index (χ3v) is 3.33. The number of rotatable bonds is 4. The molecule has 0 bridgehead atoms. The van der Waals surface area contributed by atoms with Crippen molar-refractivity contribution in [1.29, 1.82) is 5.41 Å². The van der Waals surface area contributed by atoms with Crippen molar-refractivity contribution in [2.45, 2.75) is 20.3 Å². The average molecular weight is 268 g/mol. The summed E-state index contributed by atoms with van der Waals surface area (Å²) in [5.41, 5.74) is 9.49. The predicted molar refractivity (Wildman–Crippen MR) is 83.9 cm³/mol. The van der Waals surface area contributed by atoms with Gasteiger partial charge >= 0.3 is 0 Å². The number of hydrogen-bond donors (Lipinski definition) is 2. The van der Waals surface area contributed by atoms with Gasteiger partial charge in [-0.2, -0.15) is 0 Å². The Morgan fingerprint density at radius 3 is 2.45 bits per heavy atom. The smallest absolute Gasteiger partial charge is 0.133 e. The van der Waals surface area contributed by atoms with E-state index in [-0.39, 0.29) is 5.84 Å². The summed E-state index contributed by atoms with van der Waals surface area (Å²) < 4.78 is 0. The molecule has 1 heterocycles. The lowest BCUT2D eigenvalue weighted by Gasteiger charge is -2.20. The number of anilines is 2. The van der Waals surface area contributed by atoms with Gasteiger partial charge in [0.2, 0.25) is 0 Å². The zero-order valence-corrected chi connectivity index (χ0v) is 12.1. The van der Waals surface area contributed by atoms with Gasteiger partial charge in [-0.3, -0.25) is 5.41 Å². The van der Waals surface area contributed by atoms with Crippen molar-refractivity contribution in [3.8, 4) is 0 Å². The second kappa shape index (κ2) is 5.74. The van der Waals surface area contributed by atoms with Gasteiger partial charge in [-0.15, -0.1) is 0 Å². The number of nitrogen functional groups attached to an aromatic ring is 1. The Morgan fingerprint density at radius 1 is 1.25 bits per heavy atom. The van der Waals surface area contributed by atoms with Crippen molar-refractivity contribution in [3.63, 3.8) is 0 Å². The molecule has 20 heavy (non-hydrogen) atoms. The van der Waals surface area contributed by atoms with Gasteiger partial charge in [0.15, 0.2) is 0 Å². The van der Waals surface area contributed by atoms with Crippen LogP contribution in [0.5, 0.6) is 0 Å². The molecule has 0 atom stereocenters. The van der Waals surface area contributed by atoms with E-state index in [1.807, 2.05) is 31.0 Å². The molecule has 0 saturated carbocycles. The highest BCUT2D eigenvalue weighted by Crippen LogP contribution is 2.23. The maximum absolute atomic E-state index is 7.56. The Hall–Kier alpha value is -2.36. The molecular weight excluding hydrogens is 248 g/mol. The van der Waals surface area contributed by atoms with E-state index >= 15 is 0 Å². The largest absolute Gasteiger partial charge is 0.384 e. The Bertz CT molecular complexity index is 617. The number of nitrogens with zero attached hydrogens (tertiary/aromatic N) is 2. The minimum Gasteiger partial charge on any atom is -0.384 e. The number of nitrogens with two attached hydrogens (primary N) is 1. The van der Waals surface area contributed by atoms with Gasteiger partial charge < -0.3 is 10.6 Å². The van der Waals surface area contributed by atoms with Crippen LogP contribution in [0.25, 0.3) is 0 Å². The van der Waals surface area contributed by atoms with Crippen molar-refractivity contribution in [2.75, 3.05) is 11.9 Å². The first-order chi connectivity index (χ1) is 9.51. The standard InChI is InChI=1S/C16H20N4/c1-4-12-5-7-14(8-6-12)20(3)15-10-13(16(17)18)9-11(2)19-15/h5-10H,4H2,1-3H3,(H3,17,18). The van der Waals surface area contributed by atoms with Gasteiger partial charge in [0.25, 0.3) is 0 Å². The number of hydrogen-bond acceptors (Lipinski definition) is 3. The molecular formula is C16H20N4. The first kappa shape index (κ1) is 14.1. The molecule has 0 aliphatic carbocycles. The number of benzene rings is 1. The lowest BCUT2D eigenvalue weighted by Crippen LogP contribution is -2.16. The van der Waals surface area contributed by atoms with Crippen LogP contribution in [0.2, 0.25) is 0 Å². The van der Waals surface area contributed by atoms with Crippen molar-refractivity contribution < 1.29 is 0 Å². The van der Waals surface area contributed by atoms with Crippen LogP contribution < -0.4 is 10.6 Å². The average Bonchev–Trinajstić information content (AvgIpc) is 2.46. The summed E-state index contributed by atoms with van der Waals surface area (Å²) in [6, 6.07) is 12.1. The highest BCUT2D eigenvalue weighted by Gasteiger charge is 2.09. The summed E-state index contributed by atoms with van der Waals surface area (Å²) in [6.45, 7) is 4.05. The normalized spacial score (nSPS) is 10.3. The molecule has 1 aromatic carbocycles. The topological polar surface area (TPSA) is 66.0 Å². The SMILES string of the molecule is CCc1ccc(N(C)c2cc(C(=N)N)cc(C)n2)cc1. The Kier molecular flexibility index (Phi) is 4.03. The molecule has 0 aliphatic rings. The van der Waals surface area contributed by atoms with Crippen LogP contribution in [0.3, 0.4) is 0 Å². The van der Waals surface area contributed by atoms with Crippen LogP contribution in [0.4, 0.5) is 11.5 Å². The van der Waals surface area contributed by atoms with E-state index in [0.29, 0.717) is 5.56 Å². The number of amidine groups is 1. The Balaban J connectivity index is 2.36. The minimum absolute atomic E-state index is 0.0616. The first-order valence-electron chi connectivity index (χ1n) is 6.67. The molecule has 0 unspecified atom stereocenters. The zero-order valence-electron chi connectivity index (χ0n) is 12.1. The third kappa shape index (κ3) is 2.96. The maximum Gasteiger partial charge on any atom is 0.133 e. The molecule has 3 N–H and O–H groups in total. The second-order valence-corrected chi connectivity index (χ2v) is 4.85. The van der Waals surface area contributed by atoms with Crippen molar-refractivity contribution in [2.24, 2.45) is 5.73 Å². The van der Waals surface area contributed by atoms with Crippen LogP contribution in [0.1, 0.15) is 23.7 Å². The molecule has 0 fully saturated rings. The van der Waals surface area contributed by atoms with E-state index in [4.69, 9.17) is 11.1 Å². The minimum atomic E-state index is 0.0616. The van der Waals surface area contributed by atoms with Gasteiger partial charge in [0, 0.05) is 24.0 Å². The monoisotopic (exact) mass is 268 g/mol. The molecule has 0 amide bonds. The maximum atomic E-state index is 7.56. The fourth-order valence-corrected chi connectivity index (χ4v) is 2.07. The molecule has 4 nitrogen and oxygen atoms in total. The summed E-state index contributed by atoms with van der Waals surface area (Å²) >= 11 is 0. The van der Waals surface area contributed by atoms with E-state index < -0.39 is 0 Å². The van der Waals surface area contributed by atoms with Crippen molar-refractivity contribution in [3.05, 3.63) is 53.2 Å². The fourth-order valence-electron chi connectivity index (χ4n) is 2.07. The third-order valence-electron chi connectivity index (χ3n) is 3.33. The van der Waals surface area contributed by atoms with E-state index in [1.54, 1.807) is 0 Å². The van der Waals surface area contributed by atoms with E-state index in [2.05, 4.69) is 36.2 Å². The van der Waals surface area contributed by atoms with E-state index in [9.17, 15) is 0 Å². The lowest BCUT2D eigenvalue weighted by molar-refractivity contribution is 1.08. The molecule has 104 valence electrons. The van der Waals surface area contributed by atoms with Gasteiger partial charge in [0.05, 0.1) is 0 Å². The van der Waals surface area contributed by atoms with Crippen LogP contribution in [0.15, 0.2) is 36.4 Å². The van der Waals surface area contributed by atoms with Gasteiger partial charge in [-0.1, -0.05) is 19.1 Å². The molecule has 0 spiro atoms. The zero-order chi connectivity index (χ0) is 14.7. The molecule has 2 rings (SSSR count). The van der Waals surface area contributed by atoms with Crippen LogP contribution in [-0.2, 0) is 6.42 Å². The molecule has 0 saturated heterocycles. The molecule has 0 aliphatic heterocycles. The summed E-state index contributed by atoms with van der Waals surface area (Å²) in [6.07, 6.45) is 1.03. The van der Waals surface area contributed by atoms with E-state index in [0.717, 1.165) is 23.6 Å². The molecule has 1 aromatic heterocycles. The number of aromatic nitrogens is 1.